The predicted molar refractivity (Wildman–Crippen MR) is 98.5 cm³/mol. The Morgan fingerprint density at radius 2 is 1.95 bits per heavy atom. The van der Waals surface area contributed by atoms with Gasteiger partial charge in [-0.3, -0.25) is 4.79 Å². The van der Waals surface area contributed by atoms with E-state index in [9.17, 15) is 4.79 Å². The second-order valence-corrected chi connectivity index (χ2v) is 8.38. The van der Waals surface area contributed by atoms with Gasteiger partial charge in [0.25, 0.3) is 0 Å². The van der Waals surface area contributed by atoms with Crippen LogP contribution in [0.5, 0.6) is 0 Å². The molecule has 0 aliphatic rings. The molecule has 0 aliphatic heterocycles. The molecule has 1 aromatic rings. The number of carbonyl (C=O) groups is 1. The molecule has 0 radical (unpaired) electrons. The highest BCUT2D eigenvalue weighted by molar-refractivity contribution is 9.10. The molecular formula is C14H21BrCl2N2OS. The molecule has 1 atom stereocenters. The summed E-state index contributed by atoms with van der Waals surface area (Å²) >= 11 is 18.7. The van der Waals surface area contributed by atoms with Crippen LogP contribution in [0.1, 0.15) is 32.4 Å². The zero-order valence-corrected chi connectivity index (χ0v) is 16.3. The van der Waals surface area contributed by atoms with Crippen molar-refractivity contribution in [3.63, 3.8) is 0 Å². The van der Waals surface area contributed by atoms with Crippen LogP contribution in [0.15, 0.2) is 22.7 Å². The van der Waals surface area contributed by atoms with Crippen LogP contribution >= 0.6 is 51.8 Å². The van der Waals surface area contributed by atoms with Crippen LogP contribution < -0.4 is 11.1 Å². The average Bonchev–Trinajstić information content (AvgIpc) is 2.32. The first-order valence-electron chi connectivity index (χ1n) is 6.29. The van der Waals surface area contributed by atoms with Gasteiger partial charge >= 0.3 is 0 Å². The largest absolute Gasteiger partial charge is 0.353 e. The lowest BCUT2D eigenvalue weighted by Gasteiger charge is -2.13. The first-order valence-corrected chi connectivity index (χ1v) is 8.45. The van der Waals surface area contributed by atoms with Crippen LogP contribution in [0.2, 0.25) is 5.02 Å². The number of thiol groups is 1. The van der Waals surface area contributed by atoms with Crippen LogP contribution in [0.3, 0.4) is 0 Å². The van der Waals surface area contributed by atoms with Gasteiger partial charge in [0.15, 0.2) is 0 Å². The van der Waals surface area contributed by atoms with Crippen LogP contribution in [-0.4, -0.2) is 23.1 Å². The maximum Gasteiger partial charge on any atom is 0.234 e. The van der Waals surface area contributed by atoms with Gasteiger partial charge in [0, 0.05) is 26.8 Å². The molecule has 0 spiro atoms. The summed E-state index contributed by atoms with van der Waals surface area (Å²) in [4.78, 5) is 10.9. The van der Waals surface area contributed by atoms with E-state index in [-0.39, 0.29) is 22.6 Å². The second kappa shape index (κ2) is 9.95. The summed E-state index contributed by atoms with van der Waals surface area (Å²) in [6.45, 7) is 6.49. The van der Waals surface area contributed by atoms with E-state index in [1.807, 2.05) is 6.07 Å². The fraction of sp³-hybridized carbons (Fsp3) is 0.500. The molecule has 1 rings (SSSR count). The maximum absolute atomic E-state index is 10.9. The summed E-state index contributed by atoms with van der Waals surface area (Å²) in [7, 11) is 0. The lowest BCUT2D eigenvalue weighted by molar-refractivity contribution is -0.118. The van der Waals surface area contributed by atoms with Crippen molar-refractivity contribution in [1.29, 1.82) is 0 Å². The Bertz CT molecular complexity index is 441. The third kappa shape index (κ3) is 12.3. The Hall–Kier alpha value is 0.0600. The van der Waals surface area contributed by atoms with Crippen molar-refractivity contribution >= 4 is 57.7 Å². The Kier molecular flexibility index (Phi) is 9.98. The van der Waals surface area contributed by atoms with Crippen molar-refractivity contribution in [2.24, 2.45) is 5.73 Å². The SMILES string of the molecule is CC(C)(C)S.NC(CNC(=O)CCl)c1cc(Cl)cc(Br)c1. The minimum Gasteiger partial charge on any atom is -0.353 e. The maximum atomic E-state index is 10.9. The van der Waals surface area contributed by atoms with Gasteiger partial charge in [-0.2, -0.15) is 12.6 Å². The van der Waals surface area contributed by atoms with Gasteiger partial charge in [-0.05, 0) is 23.8 Å². The quantitative estimate of drug-likeness (QED) is 0.510. The monoisotopic (exact) mass is 414 g/mol. The number of hydrogen-bond acceptors (Lipinski definition) is 3. The smallest absolute Gasteiger partial charge is 0.234 e. The van der Waals surface area contributed by atoms with E-state index in [1.165, 1.54) is 0 Å². The number of alkyl halides is 1. The molecule has 0 heterocycles. The summed E-state index contributed by atoms with van der Waals surface area (Å²) in [6.07, 6.45) is 0. The van der Waals surface area contributed by atoms with Crippen molar-refractivity contribution < 1.29 is 4.79 Å². The first-order chi connectivity index (χ1) is 9.52. The van der Waals surface area contributed by atoms with Crippen molar-refractivity contribution in [2.45, 2.75) is 31.6 Å². The fourth-order valence-electron chi connectivity index (χ4n) is 1.18. The summed E-state index contributed by atoms with van der Waals surface area (Å²) in [5.74, 6) is -0.301. The van der Waals surface area contributed by atoms with Crippen LogP contribution in [0.25, 0.3) is 0 Å². The van der Waals surface area contributed by atoms with Gasteiger partial charge in [-0.15, -0.1) is 11.6 Å². The topological polar surface area (TPSA) is 55.1 Å². The molecule has 3 nitrogen and oxygen atoms in total. The molecule has 0 aliphatic carbocycles. The fourth-order valence-corrected chi connectivity index (χ4v) is 2.16. The van der Waals surface area contributed by atoms with Crippen molar-refractivity contribution in [2.75, 3.05) is 12.4 Å². The minimum absolute atomic E-state index is 0.0635. The van der Waals surface area contributed by atoms with E-state index < -0.39 is 0 Å². The van der Waals surface area contributed by atoms with Crippen LogP contribution in [-0.2, 0) is 4.79 Å². The van der Waals surface area contributed by atoms with Gasteiger partial charge in [-0.25, -0.2) is 0 Å². The molecule has 120 valence electrons. The van der Waals surface area contributed by atoms with E-state index in [2.05, 4.69) is 54.6 Å². The molecule has 21 heavy (non-hydrogen) atoms. The third-order valence-corrected chi connectivity index (χ3v) is 2.87. The molecule has 0 saturated heterocycles. The number of halogens is 3. The van der Waals surface area contributed by atoms with E-state index in [4.69, 9.17) is 28.9 Å². The zero-order chi connectivity index (χ0) is 16.6. The number of rotatable bonds is 4. The molecular weight excluding hydrogens is 395 g/mol. The second-order valence-electron chi connectivity index (χ2n) is 5.42. The Balaban J connectivity index is 0.000000690. The predicted octanol–water partition coefficient (Wildman–Crippen LogP) is 4.17. The first kappa shape index (κ1) is 21.1. The third-order valence-electron chi connectivity index (χ3n) is 1.95. The molecule has 0 bridgehead atoms. The summed E-state index contributed by atoms with van der Waals surface area (Å²) in [5.41, 5.74) is 6.75. The summed E-state index contributed by atoms with van der Waals surface area (Å²) < 4.78 is 1.05. The number of benzene rings is 1. The summed E-state index contributed by atoms with van der Waals surface area (Å²) in [6, 6.07) is 5.10. The van der Waals surface area contributed by atoms with E-state index >= 15 is 0 Å². The summed E-state index contributed by atoms with van der Waals surface area (Å²) in [5, 5.41) is 3.22. The van der Waals surface area contributed by atoms with Crippen molar-refractivity contribution in [1.82, 2.24) is 5.32 Å². The van der Waals surface area contributed by atoms with Crippen molar-refractivity contribution in [3.05, 3.63) is 33.3 Å². The Labute approximate surface area is 150 Å². The molecule has 0 fully saturated rings. The standard InChI is InChI=1S/C10H11BrCl2N2O.C4H10S/c11-7-1-6(2-8(13)3-7)9(14)5-15-10(16)4-12;1-4(2,3)5/h1-3,9H,4-5,14H2,(H,15,16);5H,1-3H3. The van der Waals surface area contributed by atoms with Gasteiger partial charge in [0.05, 0.1) is 0 Å². The number of nitrogens with one attached hydrogen (secondary N) is 1. The van der Waals surface area contributed by atoms with Gasteiger partial charge in [0.2, 0.25) is 5.91 Å². The molecule has 1 unspecified atom stereocenters. The average molecular weight is 416 g/mol. The molecule has 0 saturated carbocycles. The highest BCUT2D eigenvalue weighted by atomic mass is 79.9. The van der Waals surface area contributed by atoms with Crippen LogP contribution in [0.4, 0.5) is 0 Å². The highest BCUT2D eigenvalue weighted by Gasteiger charge is 2.09. The van der Waals surface area contributed by atoms with Crippen LogP contribution in [0, 0.1) is 0 Å². The number of amides is 1. The van der Waals surface area contributed by atoms with E-state index in [0.29, 0.717) is 11.6 Å². The number of hydrogen-bond donors (Lipinski definition) is 3. The number of nitrogens with two attached hydrogens (primary N) is 1. The molecule has 1 amide bonds. The molecule has 7 heteroatoms. The normalized spacial score (nSPS) is 12.2. The van der Waals surface area contributed by atoms with E-state index in [1.54, 1.807) is 12.1 Å². The molecule has 3 N–H and O–H groups in total. The van der Waals surface area contributed by atoms with Gasteiger partial charge < -0.3 is 11.1 Å². The molecule has 0 aromatic heterocycles. The minimum atomic E-state index is -0.304. The highest BCUT2D eigenvalue weighted by Crippen LogP contribution is 2.22. The van der Waals surface area contributed by atoms with Gasteiger partial charge in [-0.1, -0.05) is 48.3 Å². The zero-order valence-electron chi connectivity index (χ0n) is 12.3. The number of carbonyl (C=O) groups excluding carboxylic acids is 1. The van der Waals surface area contributed by atoms with Crippen molar-refractivity contribution in [3.8, 4) is 0 Å². The lowest BCUT2D eigenvalue weighted by atomic mass is 10.1. The Morgan fingerprint density at radius 1 is 1.43 bits per heavy atom. The Morgan fingerprint density at radius 3 is 2.38 bits per heavy atom. The van der Waals surface area contributed by atoms with Gasteiger partial charge in [0.1, 0.15) is 5.88 Å². The van der Waals surface area contributed by atoms with E-state index in [0.717, 1.165) is 10.0 Å². The molecule has 1 aromatic carbocycles. The lowest BCUT2D eigenvalue weighted by Crippen LogP contribution is -2.32.